The predicted octanol–water partition coefficient (Wildman–Crippen LogP) is 2.79. The van der Waals surface area contributed by atoms with Gasteiger partial charge in [0.2, 0.25) is 5.91 Å². The van der Waals surface area contributed by atoms with Crippen molar-refractivity contribution in [2.75, 3.05) is 13.7 Å². The molecule has 0 bridgehead atoms. The number of carbonyl (C=O) groups is 1. The van der Waals surface area contributed by atoms with Gasteiger partial charge in [-0.3, -0.25) is 14.9 Å². The van der Waals surface area contributed by atoms with Crippen LogP contribution in [0.5, 0.6) is 5.75 Å². The van der Waals surface area contributed by atoms with Gasteiger partial charge in [0.1, 0.15) is 11.4 Å². The number of likely N-dealkylation sites (tertiary alicyclic amines) is 1. The van der Waals surface area contributed by atoms with Gasteiger partial charge in [-0.1, -0.05) is 12.1 Å². The van der Waals surface area contributed by atoms with Crippen molar-refractivity contribution < 1.29 is 14.5 Å². The van der Waals surface area contributed by atoms with E-state index in [0.717, 1.165) is 18.7 Å². The Labute approximate surface area is 139 Å². The highest BCUT2D eigenvalue weighted by molar-refractivity contribution is 5.78. The Hall–Kier alpha value is -2.96. The summed E-state index contributed by atoms with van der Waals surface area (Å²) >= 11 is 0. The minimum absolute atomic E-state index is 0.00326. The first-order valence-corrected chi connectivity index (χ1v) is 7.65. The zero-order valence-electron chi connectivity index (χ0n) is 13.3. The monoisotopic (exact) mass is 327 g/mol. The molecule has 7 heteroatoms. The maximum atomic E-state index is 11.8. The van der Waals surface area contributed by atoms with E-state index in [0.29, 0.717) is 30.0 Å². The maximum absolute atomic E-state index is 11.8. The Morgan fingerprint density at radius 2 is 2.17 bits per heavy atom. The fourth-order valence-corrected chi connectivity index (χ4v) is 2.78. The molecule has 1 amide bonds. The predicted molar refractivity (Wildman–Crippen MR) is 87.5 cm³/mol. The first-order chi connectivity index (χ1) is 11.6. The molecule has 0 radical (unpaired) electrons. The lowest BCUT2D eigenvalue weighted by Gasteiger charge is -2.16. The quantitative estimate of drug-likeness (QED) is 0.622. The van der Waals surface area contributed by atoms with Gasteiger partial charge < -0.3 is 9.64 Å². The lowest BCUT2D eigenvalue weighted by atomic mass is 10.1. The summed E-state index contributed by atoms with van der Waals surface area (Å²) in [5.41, 5.74) is 1.87. The fourth-order valence-electron chi connectivity index (χ4n) is 2.78. The first kappa shape index (κ1) is 15.9. The van der Waals surface area contributed by atoms with Gasteiger partial charge >= 0.3 is 0 Å². The van der Waals surface area contributed by atoms with Gasteiger partial charge in [0, 0.05) is 30.7 Å². The zero-order valence-corrected chi connectivity index (χ0v) is 13.3. The van der Waals surface area contributed by atoms with Crippen LogP contribution in [0.3, 0.4) is 0 Å². The number of pyridine rings is 1. The average Bonchev–Trinajstić information content (AvgIpc) is 3.00. The van der Waals surface area contributed by atoms with Gasteiger partial charge in [-0.15, -0.1) is 0 Å². The van der Waals surface area contributed by atoms with Gasteiger partial charge in [0.25, 0.3) is 5.69 Å². The number of benzene rings is 1. The van der Waals surface area contributed by atoms with Crippen LogP contribution in [-0.2, 0) is 11.3 Å². The smallest absolute Gasteiger partial charge is 0.270 e. The van der Waals surface area contributed by atoms with Crippen molar-refractivity contribution >= 4 is 11.6 Å². The number of nitrogens with zero attached hydrogens (tertiary/aromatic N) is 3. The first-order valence-electron chi connectivity index (χ1n) is 7.65. The summed E-state index contributed by atoms with van der Waals surface area (Å²) in [4.78, 5) is 28.7. The van der Waals surface area contributed by atoms with Crippen molar-refractivity contribution in [3.8, 4) is 17.0 Å². The fraction of sp³-hybridized carbons (Fsp3) is 0.294. The van der Waals surface area contributed by atoms with Crippen LogP contribution in [0.4, 0.5) is 5.69 Å². The summed E-state index contributed by atoms with van der Waals surface area (Å²) in [6.07, 6.45) is 1.45. The second kappa shape index (κ2) is 6.66. The molecule has 1 aromatic carbocycles. The number of methoxy groups -OCH3 is 1. The Bertz CT molecular complexity index is 791. The Balaban J connectivity index is 1.96. The zero-order chi connectivity index (χ0) is 17.1. The number of non-ortho nitro benzene ring substituents is 1. The van der Waals surface area contributed by atoms with E-state index in [-0.39, 0.29) is 11.6 Å². The van der Waals surface area contributed by atoms with Crippen LogP contribution in [0.15, 0.2) is 36.4 Å². The van der Waals surface area contributed by atoms with Crippen molar-refractivity contribution in [1.29, 1.82) is 0 Å². The topological polar surface area (TPSA) is 85.6 Å². The number of rotatable bonds is 5. The van der Waals surface area contributed by atoms with E-state index in [4.69, 9.17) is 4.74 Å². The van der Waals surface area contributed by atoms with Crippen molar-refractivity contribution in [1.82, 2.24) is 9.88 Å². The molecular formula is C17H17N3O4. The summed E-state index contributed by atoms with van der Waals surface area (Å²) in [5.74, 6) is 0.663. The molecule has 0 atom stereocenters. The van der Waals surface area contributed by atoms with Gasteiger partial charge in [0.05, 0.1) is 24.3 Å². The summed E-state index contributed by atoms with van der Waals surface area (Å²) in [6.45, 7) is 1.17. The molecule has 1 fully saturated rings. The van der Waals surface area contributed by atoms with Crippen molar-refractivity contribution in [3.05, 3.63) is 52.2 Å². The lowest BCUT2D eigenvalue weighted by molar-refractivity contribution is -0.384. The van der Waals surface area contributed by atoms with E-state index in [1.165, 1.54) is 19.2 Å². The normalized spacial score (nSPS) is 14.0. The minimum atomic E-state index is -0.442. The van der Waals surface area contributed by atoms with Crippen LogP contribution < -0.4 is 4.74 Å². The average molecular weight is 327 g/mol. The molecule has 0 spiro atoms. The molecule has 7 nitrogen and oxygen atoms in total. The molecule has 0 N–H and O–H groups in total. The lowest BCUT2D eigenvalue weighted by Crippen LogP contribution is -2.24. The Morgan fingerprint density at radius 1 is 1.33 bits per heavy atom. The molecule has 1 saturated heterocycles. The van der Waals surface area contributed by atoms with E-state index in [1.54, 1.807) is 23.1 Å². The SMILES string of the molecule is COc1ccc(CN2CCCC2=O)nc1-c1cccc([N+](=O)[O-])c1. The minimum Gasteiger partial charge on any atom is -0.494 e. The number of hydrogen-bond acceptors (Lipinski definition) is 5. The highest BCUT2D eigenvalue weighted by Gasteiger charge is 2.21. The number of aromatic nitrogens is 1. The molecule has 1 aliphatic rings. The molecule has 0 aliphatic carbocycles. The largest absolute Gasteiger partial charge is 0.494 e. The molecule has 0 saturated carbocycles. The third kappa shape index (κ3) is 3.19. The molecule has 3 rings (SSSR count). The van der Waals surface area contributed by atoms with Crippen molar-refractivity contribution in [3.63, 3.8) is 0 Å². The Morgan fingerprint density at radius 3 is 2.83 bits per heavy atom. The highest BCUT2D eigenvalue weighted by Crippen LogP contribution is 2.30. The second-order valence-corrected chi connectivity index (χ2v) is 5.58. The van der Waals surface area contributed by atoms with E-state index in [1.807, 2.05) is 6.07 Å². The highest BCUT2D eigenvalue weighted by atomic mass is 16.6. The van der Waals surface area contributed by atoms with Crippen LogP contribution in [0, 0.1) is 10.1 Å². The third-order valence-corrected chi connectivity index (χ3v) is 3.99. The summed E-state index contributed by atoms with van der Waals surface area (Å²) in [5, 5.41) is 11.0. The number of amides is 1. The van der Waals surface area contributed by atoms with Gasteiger partial charge in [-0.05, 0) is 18.6 Å². The van der Waals surface area contributed by atoms with Gasteiger partial charge in [0.15, 0.2) is 0 Å². The van der Waals surface area contributed by atoms with Crippen LogP contribution in [0.2, 0.25) is 0 Å². The molecule has 1 aliphatic heterocycles. The number of hydrogen-bond donors (Lipinski definition) is 0. The van der Waals surface area contributed by atoms with E-state index >= 15 is 0 Å². The van der Waals surface area contributed by atoms with Crippen LogP contribution >= 0.6 is 0 Å². The second-order valence-electron chi connectivity index (χ2n) is 5.58. The van der Waals surface area contributed by atoms with E-state index < -0.39 is 4.92 Å². The Kier molecular flexibility index (Phi) is 4.41. The third-order valence-electron chi connectivity index (χ3n) is 3.99. The van der Waals surface area contributed by atoms with Crippen molar-refractivity contribution in [2.24, 2.45) is 0 Å². The van der Waals surface area contributed by atoms with E-state index in [2.05, 4.69) is 4.98 Å². The summed E-state index contributed by atoms with van der Waals surface area (Å²) in [6, 6.07) is 9.86. The molecule has 124 valence electrons. The molecule has 24 heavy (non-hydrogen) atoms. The van der Waals surface area contributed by atoms with Crippen molar-refractivity contribution in [2.45, 2.75) is 19.4 Å². The molecular weight excluding hydrogens is 310 g/mol. The van der Waals surface area contributed by atoms with Gasteiger partial charge in [-0.2, -0.15) is 0 Å². The van der Waals surface area contributed by atoms with Gasteiger partial charge in [-0.25, -0.2) is 4.98 Å². The number of ether oxygens (including phenoxy) is 1. The molecule has 2 heterocycles. The number of nitro benzene ring substituents is 1. The maximum Gasteiger partial charge on any atom is 0.270 e. The van der Waals surface area contributed by atoms with E-state index in [9.17, 15) is 14.9 Å². The standard InChI is InChI=1S/C17H17N3O4/c1-24-15-8-7-13(11-19-9-3-6-16(19)21)18-17(15)12-4-2-5-14(10-12)20(22)23/h2,4-5,7-8,10H,3,6,9,11H2,1H3. The molecule has 2 aromatic rings. The summed E-state index contributed by atoms with van der Waals surface area (Å²) < 4.78 is 5.33. The van der Waals surface area contributed by atoms with Crippen LogP contribution in [0.25, 0.3) is 11.3 Å². The number of nitro groups is 1. The summed E-state index contributed by atoms with van der Waals surface area (Å²) in [7, 11) is 1.53. The number of carbonyl (C=O) groups excluding carboxylic acids is 1. The van der Waals surface area contributed by atoms with Crippen LogP contribution in [0.1, 0.15) is 18.5 Å². The molecule has 0 unspecified atom stereocenters. The molecule has 1 aromatic heterocycles. The van der Waals surface area contributed by atoms with Crippen LogP contribution in [-0.4, -0.2) is 34.4 Å².